The van der Waals surface area contributed by atoms with Crippen LogP contribution in [0.15, 0.2) is 60.7 Å². The van der Waals surface area contributed by atoms with Crippen LogP contribution in [0.3, 0.4) is 0 Å². The van der Waals surface area contributed by atoms with Gasteiger partial charge in [-0.05, 0) is 35.9 Å². The first kappa shape index (κ1) is 26.2. The summed E-state index contributed by atoms with van der Waals surface area (Å²) in [6, 6.07) is 18.2. The minimum atomic E-state index is -0.547. The van der Waals surface area contributed by atoms with Crippen molar-refractivity contribution >= 4 is 94.4 Å². The number of rotatable bonds is 6. The molecule has 0 aromatic heterocycles. The predicted molar refractivity (Wildman–Crippen MR) is 148 cm³/mol. The number of amides is 2. The summed E-state index contributed by atoms with van der Waals surface area (Å²) in [5.74, 6) is -0.437. The van der Waals surface area contributed by atoms with Crippen LogP contribution in [0.2, 0.25) is 11.6 Å². The van der Waals surface area contributed by atoms with Crippen molar-refractivity contribution in [2.45, 2.75) is 11.6 Å². The van der Waals surface area contributed by atoms with Crippen molar-refractivity contribution < 1.29 is 19.1 Å². The van der Waals surface area contributed by atoms with Gasteiger partial charge in [-0.25, -0.2) is 9.59 Å². The van der Waals surface area contributed by atoms with E-state index >= 15 is 0 Å². The van der Waals surface area contributed by atoms with Gasteiger partial charge in [-0.3, -0.25) is 10.6 Å². The Labute approximate surface area is 209 Å². The summed E-state index contributed by atoms with van der Waals surface area (Å²) in [5, 5.41) is 5.42. The SMILES string of the molecule is O=C(Nc1ccccc1)OC[C@H]1[B][B][B][B][B][B][B][B][B][B][C@@H]1COC(=O)Nc1ccccc1. The van der Waals surface area contributed by atoms with Crippen molar-refractivity contribution in [1.82, 2.24) is 0 Å². The zero-order valence-corrected chi connectivity index (χ0v) is 18.7. The van der Waals surface area contributed by atoms with Crippen molar-refractivity contribution in [3.8, 4) is 0 Å². The van der Waals surface area contributed by atoms with Crippen molar-refractivity contribution in [3.05, 3.63) is 60.7 Å². The molecule has 0 aliphatic carbocycles. The molecule has 10 radical (unpaired) electrons. The van der Waals surface area contributed by atoms with E-state index in [1.807, 2.05) is 107 Å². The van der Waals surface area contributed by atoms with E-state index in [1.54, 1.807) is 24.3 Å². The topological polar surface area (TPSA) is 76.7 Å². The maximum atomic E-state index is 12.3. The molecule has 6 nitrogen and oxygen atoms in total. The molecule has 1 aliphatic heterocycles. The van der Waals surface area contributed by atoms with Crippen molar-refractivity contribution in [2.24, 2.45) is 0 Å². The molecule has 2 amide bonds. The number of hydrogen-bond donors (Lipinski definition) is 2. The van der Waals surface area contributed by atoms with Crippen LogP contribution in [-0.4, -0.2) is 96.2 Å². The van der Waals surface area contributed by atoms with E-state index in [0.717, 1.165) is 0 Å². The third-order valence-electron chi connectivity index (χ3n) is 4.90. The van der Waals surface area contributed by atoms with E-state index in [0.29, 0.717) is 11.4 Å². The summed E-state index contributed by atoms with van der Waals surface area (Å²) in [6.45, 7) is 0.225. The number of hydrogen-bond acceptors (Lipinski definition) is 4. The van der Waals surface area contributed by atoms with Gasteiger partial charge < -0.3 is 9.47 Å². The summed E-state index contributed by atoms with van der Waals surface area (Å²) in [7, 11) is 19.1. The van der Waals surface area contributed by atoms with Gasteiger partial charge in [-0.15, -0.1) is 0 Å². The highest BCUT2D eigenvalue weighted by Crippen LogP contribution is 2.24. The van der Waals surface area contributed by atoms with Crippen LogP contribution in [0.1, 0.15) is 0 Å². The number of carbonyl (C=O) groups is 2. The van der Waals surface area contributed by atoms with E-state index in [-0.39, 0.29) is 24.8 Å². The molecule has 1 heterocycles. The Morgan fingerprint density at radius 2 is 0.941 bits per heavy atom. The molecule has 0 unspecified atom stereocenters. The third-order valence-corrected chi connectivity index (χ3v) is 4.90. The summed E-state index contributed by atoms with van der Waals surface area (Å²) in [5.41, 5.74) is 1.30. The highest BCUT2D eigenvalue weighted by Gasteiger charge is 2.25. The van der Waals surface area contributed by atoms with Gasteiger partial charge in [0.15, 0.2) is 0 Å². The smallest absolute Gasteiger partial charge is 0.411 e. The molecule has 1 saturated heterocycles. The molecule has 2 aromatic rings. The summed E-state index contributed by atoms with van der Waals surface area (Å²) >= 11 is 0. The Balaban J connectivity index is 1.57. The first-order valence-corrected chi connectivity index (χ1v) is 11.0. The summed E-state index contributed by atoms with van der Waals surface area (Å²) in [4.78, 5) is 24.6. The molecule has 0 spiro atoms. The zero-order valence-electron chi connectivity index (χ0n) is 18.7. The van der Waals surface area contributed by atoms with Crippen LogP contribution >= 0.6 is 0 Å². The maximum Gasteiger partial charge on any atom is 0.411 e. The fourth-order valence-corrected chi connectivity index (χ4v) is 3.14. The van der Waals surface area contributed by atoms with E-state index in [2.05, 4.69) is 10.6 Å². The second kappa shape index (κ2) is 15.5. The van der Waals surface area contributed by atoms with Gasteiger partial charge in [0.05, 0.1) is 27.6 Å². The van der Waals surface area contributed by atoms with Crippen molar-refractivity contribution in [1.29, 1.82) is 0 Å². The second-order valence-corrected chi connectivity index (χ2v) is 7.43. The van der Waals surface area contributed by atoms with Crippen LogP contribution in [0.25, 0.3) is 0 Å². The number of ether oxygens (including phenoxy) is 2. The number of carbonyl (C=O) groups excluding carboxylic acids is 2. The molecule has 3 rings (SSSR count). The predicted octanol–water partition coefficient (Wildman–Crippen LogP) is 0.351. The van der Waals surface area contributed by atoms with E-state index in [9.17, 15) is 9.59 Å². The highest BCUT2D eigenvalue weighted by atomic mass is 16.6. The average Bonchev–Trinajstić information content (AvgIpc) is 2.84. The van der Waals surface area contributed by atoms with Gasteiger partial charge in [0.2, 0.25) is 0 Å². The number of para-hydroxylation sites is 2. The fraction of sp³-hybridized carbons (Fsp3) is 0.222. The molecule has 154 valence electrons. The minimum absolute atomic E-state index is 0.112. The average molecular weight is 434 g/mol. The Morgan fingerprint density at radius 1 is 0.588 bits per heavy atom. The second-order valence-electron chi connectivity index (χ2n) is 7.43. The van der Waals surface area contributed by atoms with Crippen LogP contribution in [-0.2, 0) is 9.47 Å². The molecular formula is C18H18B10N2O4. The molecule has 2 aromatic carbocycles. The lowest BCUT2D eigenvalue weighted by Gasteiger charge is -2.27. The highest BCUT2D eigenvalue weighted by molar-refractivity contribution is 7.69. The summed E-state index contributed by atoms with van der Waals surface area (Å²) in [6.07, 6.45) is -1.09. The molecule has 34 heavy (non-hydrogen) atoms. The van der Waals surface area contributed by atoms with Crippen LogP contribution in [0.4, 0.5) is 21.0 Å². The van der Waals surface area contributed by atoms with Gasteiger partial charge in [-0.2, -0.15) is 0 Å². The first-order chi connectivity index (χ1) is 16.7. The lowest BCUT2D eigenvalue weighted by Crippen LogP contribution is -2.39. The number of benzene rings is 2. The minimum Gasteiger partial charge on any atom is -0.450 e. The largest absolute Gasteiger partial charge is 0.450 e. The van der Waals surface area contributed by atoms with Gasteiger partial charge in [0, 0.05) is 67.9 Å². The zero-order chi connectivity index (χ0) is 23.8. The molecule has 2 atom stereocenters. The lowest BCUT2D eigenvalue weighted by molar-refractivity contribution is 0.143. The van der Waals surface area contributed by atoms with E-state index in [1.165, 1.54) is 0 Å². The molecule has 16 heteroatoms. The quantitative estimate of drug-likeness (QED) is 0.644. The maximum absolute atomic E-state index is 12.3. The van der Waals surface area contributed by atoms with Gasteiger partial charge >= 0.3 is 12.2 Å². The fourth-order valence-electron chi connectivity index (χ4n) is 3.14. The van der Waals surface area contributed by atoms with Crippen LogP contribution in [0.5, 0.6) is 0 Å². The monoisotopic (exact) mass is 436 g/mol. The Hall–Kier alpha value is -2.37. The number of nitrogens with one attached hydrogen (secondary N) is 2. The molecular weight excluding hydrogens is 416 g/mol. The molecule has 2 N–H and O–H groups in total. The first-order valence-electron chi connectivity index (χ1n) is 11.0. The van der Waals surface area contributed by atoms with Gasteiger partial charge in [0.1, 0.15) is 0 Å². The Morgan fingerprint density at radius 3 is 1.32 bits per heavy atom. The molecule has 0 bridgehead atoms. The van der Waals surface area contributed by atoms with Crippen molar-refractivity contribution in [3.63, 3.8) is 0 Å². The third kappa shape index (κ3) is 10.3. The lowest BCUT2D eigenvalue weighted by atomic mass is 8.87. The number of anilines is 2. The van der Waals surface area contributed by atoms with E-state index < -0.39 is 12.2 Å². The van der Waals surface area contributed by atoms with Gasteiger partial charge in [0.25, 0.3) is 0 Å². The Kier molecular flexibility index (Phi) is 12.0. The summed E-state index contributed by atoms with van der Waals surface area (Å²) < 4.78 is 11.0. The normalized spacial score (nSPS) is 17.3. The standard InChI is InChI=1S/C18H18B10N2O4/c31-17(29-13-7-3-1-4-8-13)33-11-15-16(20-22-24-26-28-27-25-23-21-19-15)12-34-18(32)30-14-9-5-2-6-10-14/h1-10,15-16H,11-12H2,(H,29,31)(H,30,32)/t15-,16-/m1/s1. The molecule has 1 aliphatic rings. The molecule has 0 saturated carbocycles. The van der Waals surface area contributed by atoms with E-state index in [4.69, 9.17) is 9.47 Å². The van der Waals surface area contributed by atoms with Gasteiger partial charge in [-0.1, -0.05) is 36.4 Å². The molecule has 1 fully saturated rings. The Bertz CT molecular complexity index is 799. The van der Waals surface area contributed by atoms with Crippen LogP contribution in [0, 0.1) is 0 Å². The van der Waals surface area contributed by atoms with Crippen molar-refractivity contribution in [2.75, 3.05) is 23.8 Å². The van der Waals surface area contributed by atoms with Crippen LogP contribution < -0.4 is 10.6 Å².